The number of nitro benzene ring substituents is 1. The minimum Gasteiger partial charge on any atom is -0.465 e. The second-order valence-corrected chi connectivity index (χ2v) is 4.84. The lowest BCUT2D eigenvalue weighted by Crippen LogP contribution is -2.19. The van der Waals surface area contributed by atoms with Crippen molar-refractivity contribution < 1.29 is 14.8 Å². The molecular weight excluding hydrogens is 310 g/mol. The Morgan fingerprint density at radius 2 is 1.91 bits per heavy atom. The molecule has 7 nitrogen and oxygen atoms in total. The van der Waals surface area contributed by atoms with Gasteiger partial charge in [0.1, 0.15) is 5.69 Å². The zero-order chi connectivity index (χ0) is 16.1. The third-order valence-electron chi connectivity index (χ3n) is 2.83. The molecule has 0 fully saturated rings. The van der Waals surface area contributed by atoms with Gasteiger partial charge >= 0.3 is 6.09 Å². The summed E-state index contributed by atoms with van der Waals surface area (Å²) in [7, 11) is 0. The molecule has 0 atom stereocenters. The molecule has 0 aliphatic heterocycles. The molecule has 2 rings (SSSR count). The number of amides is 1. The molecule has 0 aromatic heterocycles. The SMILES string of the molecule is O=C(O)NCc1ccc(Nc2cc(Cl)ccc2[N+](=O)[O-])cc1. The van der Waals surface area contributed by atoms with E-state index < -0.39 is 11.0 Å². The van der Waals surface area contributed by atoms with E-state index in [0.717, 1.165) is 5.56 Å². The lowest BCUT2D eigenvalue weighted by atomic mass is 10.2. The molecule has 1 amide bonds. The molecule has 0 unspecified atom stereocenters. The molecular formula is C14H12ClN3O4. The van der Waals surface area contributed by atoms with Gasteiger partial charge in [0, 0.05) is 23.3 Å². The predicted molar refractivity (Wildman–Crippen MR) is 82.7 cm³/mol. The van der Waals surface area contributed by atoms with Crippen LogP contribution in [0.3, 0.4) is 0 Å². The number of nitrogens with zero attached hydrogens (tertiary/aromatic N) is 1. The maximum absolute atomic E-state index is 11.0. The van der Waals surface area contributed by atoms with Gasteiger partial charge in [-0.1, -0.05) is 23.7 Å². The first kappa shape index (κ1) is 15.6. The smallest absolute Gasteiger partial charge is 0.404 e. The number of anilines is 2. The fourth-order valence-corrected chi connectivity index (χ4v) is 1.98. The lowest BCUT2D eigenvalue weighted by Gasteiger charge is -2.08. The van der Waals surface area contributed by atoms with Crippen molar-refractivity contribution in [3.05, 3.63) is 63.2 Å². The van der Waals surface area contributed by atoms with Crippen molar-refractivity contribution in [3.8, 4) is 0 Å². The maximum Gasteiger partial charge on any atom is 0.404 e. The summed E-state index contributed by atoms with van der Waals surface area (Å²) in [5.41, 5.74) is 1.60. The maximum atomic E-state index is 11.0. The molecule has 0 aliphatic rings. The van der Waals surface area contributed by atoms with Gasteiger partial charge in [-0.05, 0) is 29.8 Å². The molecule has 22 heavy (non-hydrogen) atoms. The molecule has 0 radical (unpaired) electrons. The van der Waals surface area contributed by atoms with Gasteiger partial charge < -0.3 is 15.7 Å². The van der Waals surface area contributed by atoms with Crippen molar-refractivity contribution in [3.63, 3.8) is 0 Å². The van der Waals surface area contributed by atoms with Crippen LogP contribution in [-0.4, -0.2) is 16.1 Å². The Hall–Kier alpha value is -2.80. The van der Waals surface area contributed by atoms with E-state index in [0.29, 0.717) is 10.7 Å². The van der Waals surface area contributed by atoms with Crippen LogP contribution in [0.4, 0.5) is 21.9 Å². The van der Waals surface area contributed by atoms with E-state index in [9.17, 15) is 14.9 Å². The van der Waals surface area contributed by atoms with Crippen molar-refractivity contribution >= 4 is 34.8 Å². The molecule has 114 valence electrons. The van der Waals surface area contributed by atoms with Crippen molar-refractivity contribution in [1.82, 2.24) is 5.32 Å². The standard InChI is InChI=1S/C14H12ClN3O4/c15-10-3-6-13(18(21)22)12(7-10)17-11-4-1-9(2-5-11)8-16-14(19)20/h1-7,16-17H,8H2,(H,19,20). The van der Waals surface area contributed by atoms with Gasteiger partial charge in [-0.3, -0.25) is 10.1 Å². The van der Waals surface area contributed by atoms with E-state index in [2.05, 4.69) is 10.6 Å². The van der Waals surface area contributed by atoms with E-state index in [-0.39, 0.29) is 17.9 Å². The number of nitro groups is 1. The van der Waals surface area contributed by atoms with Gasteiger partial charge in [0.25, 0.3) is 5.69 Å². The Morgan fingerprint density at radius 3 is 2.50 bits per heavy atom. The molecule has 8 heteroatoms. The molecule has 2 aromatic carbocycles. The van der Waals surface area contributed by atoms with Crippen molar-refractivity contribution in [2.24, 2.45) is 0 Å². The van der Waals surface area contributed by atoms with Gasteiger partial charge in [0.05, 0.1) is 4.92 Å². The molecule has 0 spiro atoms. The molecule has 0 heterocycles. The Bertz CT molecular complexity index is 704. The van der Waals surface area contributed by atoms with Crippen LogP contribution < -0.4 is 10.6 Å². The second-order valence-electron chi connectivity index (χ2n) is 4.40. The van der Waals surface area contributed by atoms with Gasteiger partial charge in [-0.15, -0.1) is 0 Å². The Labute approximate surface area is 130 Å². The number of hydrogen-bond donors (Lipinski definition) is 3. The van der Waals surface area contributed by atoms with Crippen LogP contribution in [0.2, 0.25) is 5.02 Å². The Morgan fingerprint density at radius 1 is 1.23 bits per heavy atom. The summed E-state index contributed by atoms with van der Waals surface area (Å²) in [4.78, 5) is 20.9. The zero-order valence-electron chi connectivity index (χ0n) is 11.2. The van der Waals surface area contributed by atoms with Crippen LogP contribution >= 0.6 is 11.6 Å². The fraction of sp³-hybridized carbons (Fsp3) is 0.0714. The number of carboxylic acid groups (broad SMARTS) is 1. The highest BCUT2D eigenvalue weighted by molar-refractivity contribution is 6.31. The van der Waals surface area contributed by atoms with Crippen LogP contribution in [0.15, 0.2) is 42.5 Å². The third kappa shape index (κ3) is 4.10. The molecule has 0 saturated carbocycles. The number of nitrogens with one attached hydrogen (secondary N) is 2. The van der Waals surface area contributed by atoms with Crippen LogP contribution in [0, 0.1) is 10.1 Å². The summed E-state index contributed by atoms with van der Waals surface area (Å²) >= 11 is 5.86. The highest BCUT2D eigenvalue weighted by Gasteiger charge is 2.14. The number of hydrogen-bond acceptors (Lipinski definition) is 4. The summed E-state index contributed by atoms with van der Waals surface area (Å²) in [6.45, 7) is 0.187. The Balaban J connectivity index is 2.15. The normalized spacial score (nSPS) is 10.0. The number of halogens is 1. The van der Waals surface area contributed by atoms with E-state index in [4.69, 9.17) is 16.7 Å². The average Bonchev–Trinajstić information content (AvgIpc) is 2.46. The largest absolute Gasteiger partial charge is 0.465 e. The molecule has 0 aliphatic carbocycles. The van der Waals surface area contributed by atoms with Crippen molar-refractivity contribution in [1.29, 1.82) is 0 Å². The average molecular weight is 322 g/mol. The summed E-state index contributed by atoms with van der Waals surface area (Å²) in [5.74, 6) is 0. The topological polar surface area (TPSA) is 104 Å². The van der Waals surface area contributed by atoms with Crippen molar-refractivity contribution in [2.45, 2.75) is 6.54 Å². The first-order chi connectivity index (χ1) is 10.5. The predicted octanol–water partition coefficient (Wildman–Crippen LogP) is 3.76. The van der Waals surface area contributed by atoms with Crippen LogP contribution in [0.5, 0.6) is 0 Å². The zero-order valence-corrected chi connectivity index (χ0v) is 12.0. The first-order valence-corrected chi connectivity index (χ1v) is 6.60. The minimum atomic E-state index is -1.10. The summed E-state index contributed by atoms with van der Waals surface area (Å²) < 4.78 is 0. The highest BCUT2D eigenvalue weighted by atomic mass is 35.5. The molecule has 2 aromatic rings. The highest BCUT2D eigenvalue weighted by Crippen LogP contribution is 2.30. The molecule has 3 N–H and O–H groups in total. The van der Waals surface area contributed by atoms with E-state index in [1.165, 1.54) is 18.2 Å². The third-order valence-corrected chi connectivity index (χ3v) is 3.07. The monoisotopic (exact) mass is 321 g/mol. The van der Waals surface area contributed by atoms with Crippen LogP contribution in [0.25, 0.3) is 0 Å². The van der Waals surface area contributed by atoms with Gasteiger partial charge in [-0.2, -0.15) is 0 Å². The Kier molecular flexibility index (Phi) is 4.80. The summed E-state index contributed by atoms with van der Waals surface area (Å²) in [6.07, 6.45) is -1.10. The van der Waals surface area contributed by atoms with Gasteiger partial charge in [0.2, 0.25) is 0 Å². The second kappa shape index (κ2) is 6.77. The summed E-state index contributed by atoms with van der Waals surface area (Å²) in [5, 5.41) is 25.1. The number of benzene rings is 2. The molecule has 0 saturated heterocycles. The quantitative estimate of drug-likeness (QED) is 0.574. The van der Waals surface area contributed by atoms with Gasteiger partial charge in [0.15, 0.2) is 0 Å². The number of rotatable bonds is 5. The van der Waals surface area contributed by atoms with E-state index in [1.54, 1.807) is 24.3 Å². The first-order valence-electron chi connectivity index (χ1n) is 6.22. The lowest BCUT2D eigenvalue weighted by molar-refractivity contribution is -0.383. The number of carbonyl (C=O) groups is 1. The van der Waals surface area contributed by atoms with E-state index >= 15 is 0 Å². The van der Waals surface area contributed by atoms with Crippen molar-refractivity contribution in [2.75, 3.05) is 5.32 Å². The van der Waals surface area contributed by atoms with Crippen LogP contribution in [0.1, 0.15) is 5.56 Å². The van der Waals surface area contributed by atoms with Gasteiger partial charge in [-0.25, -0.2) is 4.79 Å². The minimum absolute atomic E-state index is 0.0824. The van der Waals surface area contributed by atoms with Crippen LogP contribution in [-0.2, 0) is 6.54 Å². The fourth-order valence-electron chi connectivity index (χ4n) is 1.81. The van der Waals surface area contributed by atoms with E-state index in [1.807, 2.05) is 0 Å². The molecule has 0 bridgehead atoms. The summed E-state index contributed by atoms with van der Waals surface area (Å²) in [6, 6.07) is 11.1.